The summed E-state index contributed by atoms with van der Waals surface area (Å²) in [4.78, 5) is 13.7. The fourth-order valence-corrected chi connectivity index (χ4v) is 2.40. The van der Waals surface area contributed by atoms with Crippen molar-refractivity contribution in [1.29, 1.82) is 0 Å². The van der Waals surface area contributed by atoms with E-state index in [4.69, 9.17) is 4.52 Å². The SMILES string of the molecule is C[C@H]1Cc2nocc2CN1C(=O)Nc1cc(F)c(F)c(F)c1. The second kappa shape index (κ2) is 5.36. The number of carbonyl (C=O) groups is 1. The van der Waals surface area contributed by atoms with Crippen LogP contribution in [0.4, 0.5) is 23.7 Å². The number of nitrogens with one attached hydrogen (secondary N) is 1. The predicted octanol–water partition coefficient (Wildman–Crippen LogP) is 3.07. The third-order valence-corrected chi connectivity index (χ3v) is 3.59. The highest BCUT2D eigenvalue weighted by atomic mass is 19.2. The van der Waals surface area contributed by atoms with Crippen LogP contribution in [-0.4, -0.2) is 22.1 Å². The van der Waals surface area contributed by atoms with Crippen LogP contribution in [0.15, 0.2) is 22.9 Å². The zero-order valence-electron chi connectivity index (χ0n) is 11.6. The van der Waals surface area contributed by atoms with Crippen LogP contribution in [0.25, 0.3) is 0 Å². The van der Waals surface area contributed by atoms with Gasteiger partial charge in [-0.1, -0.05) is 5.16 Å². The summed E-state index contributed by atoms with van der Waals surface area (Å²) in [6.45, 7) is 2.10. The lowest BCUT2D eigenvalue weighted by atomic mass is 10.0. The number of amides is 2. The zero-order valence-corrected chi connectivity index (χ0v) is 11.6. The molecule has 116 valence electrons. The van der Waals surface area contributed by atoms with Gasteiger partial charge in [0.2, 0.25) is 0 Å². The van der Waals surface area contributed by atoms with Gasteiger partial charge in [0.25, 0.3) is 0 Å². The molecule has 0 fully saturated rings. The van der Waals surface area contributed by atoms with Gasteiger partial charge in [-0.3, -0.25) is 0 Å². The highest BCUT2D eigenvalue weighted by Gasteiger charge is 2.29. The first kappa shape index (κ1) is 14.4. The molecule has 1 aliphatic heterocycles. The van der Waals surface area contributed by atoms with Crippen molar-refractivity contribution in [3.8, 4) is 0 Å². The molecule has 22 heavy (non-hydrogen) atoms. The molecule has 5 nitrogen and oxygen atoms in total. The lowest BCUT2D eigenvalue weighted by Crippen LogP contribution is -2.44. The Kier molecular flexibility index (Phi) is 3.51. The summed E-state index contributed by atoms with van der Waals surface area (Å²) >= 11 is 0. The van der Waals surface area contributed by atoms with Gasteiger partial charge in [0.05, 0.1) is 12.2 Å². The molecule has 2 amide bonds. The monoisotopic (exact) mass is 311 g/mol. The summed E-state index contributed by atoms with van der Waals surface area (Å²) in [5.74, 6) is -4.29. The van der Waals surface area contributed by atoms with E-state index in [1.54, 1.807) is 0 Å². The third-order valence-electron chi connectivity index (χ3n) is 3.59. The molecule has 0 saturated carbocycles. The van der Waals surface area contributed by atoms with Gasteiger partial charge in [0.1, 0.15) is 6.26 Å². The maximum Gasteiger partial charge on any atom is 0.322 e. The molecule has 8 heteroatoms. The number of halogens is 3. The van der Waals surface area contributed by atoms with Crippen LogP contribution in [-0.2, 0) is 13.0 Å². The van der Waals surface area contributed by atoms with Crippen molar-refractivity contribution >= 4 is 11.7 Å². The Hall–Kier alpha value is -2.51. The average molecular weight is 311 g/mol. The van der Waals surface area contributed by atoms with Gasteiger partial charge in [-0.05, 0) is 6.92 Å². The molecule has 1 aliphatic rings. The van der Waals surface area contributed by atoms with Crippen molar-refractivity contribution in [3.63, 3.8) is 0 Å². The first-order valence-corrected chi connectivity index (χ1v) is 6.60. The molecule has 1 aromatic carbocycles. The Morgan fingerprint density at radius 2 is 2.05 bits per heavy atom. The van der Waals surface area contributed by atoms with Gasteiger partial charge in [-0.15, -0.1) is 0 Å². The number of urea groups is 1. The minimum Gasteiger partial charge on any atom is -0.364 e. The van der Waals surface area contributed by atoms with Crippen LogP contribution < -0.4 is 5.32 Å². The second-order valence-corrected chi connectivity index (χ2v) is 5.15. The van der Waals surface area contributed by atoms with E-state index in [1.165, 1.54) is 11.2 Å². The van der Waals surface area contributed by atoms with Crippen LogP contribution in [0, 0.1) is 17.5 Å². The number of fused-ring (bicyclic) bond motifs is 1. The summed E-state index contributed by atoms with van der Waals surface area (Å²) in [6, 6.07) is 0.767. The molecule has 0 spiro atoms. The fourth-order valence-electron chi connectivity index (χ4n) is 2.40. The number of rotatable bonds is 1. The third kappa shape index (κ3) is 2.51. The number of hydrogen-bond donors (Lipinski definition) is 1. The number of aromatic nitrogens is 1. The number of anilines is 1. The van der Waals surface area contributed by atoms with Crippen molar-refractivity contribution in [2.75, 3.05) is 5.32 Å². The molecular weight excluding hydrogens is 299 g/mol. The molecule has 0 radical (unpaired) electrons. The Morgan fingerprint density at radius 3 is 2.73 bits per heavy atom. The molecule has 1 N–H and O–H groups in total. The Bertz CT molecular complexity index is 709. The van der Waals surface area contributed by atoms with Crippen molar-refractivity contribution in [1.82, 2.24) is 10.1 Å². The maximum absolute atomic E-state index is 13.2. The normalized spacial score (nSPS) is 17.3. The Morgan fingerprint density at radius 1 is 1.36 bits per heavy atom. The Labute approximate surface area is 123 Å². The van der Waals surface area contributed by atoms with Crippen LogP contribution in [0.2, 0.25) is 0 Å². The minimum atomic E-state index is -1.57. The minimum absolute atomic E-state index is 0.148. The van der Waals surface area contributed by atoms with E-state index in [9.17, 15) is 18.0 Å². The quantitative estimate of drug-likeness (QED) is 0.823. The number of hydrogen-bond acceptors (Lipinski definition) is 3. The molecule has 1 atom stereocenters. The van der Waals surface area contributed by atoms with E-state index < -0.39 is 23.5 Å². The van der Waals surface area contributed by atoms with Crippen LogP contribution in [0.5, 0.6) is 0 Å². The summed E-state index contributed by atoms with van der Waals surface area (Å²) in [7, 11) is 0. The standard InChI is InChI=1S/C14H12F3N3O2/c1-7-2-12-8(6-22-19-12)5-20(7)14(21)18-9-3-10(15)13(17)11(16)4-9/h3-4,6-7H,2,5H2,1H3,(H,18,21)/t7-/m0/s1. The summed E-state index contributed by atoms with van der Waals surface area (Å²) < 4.78 is 44.1. The van der Waals surface area contributed by atoms with Crippen molar-refractivity contribution in [2.24, 2.45) is 0 Å². The topological polar surface area (TPSA) is 58.4 Å². The van der Waals surface area contributed by atoms with Crippen molar-refractivity contribution in [3.05, 3.63) is 47.1 Å². The van der Waals surface area contributed by atoms with E-state index in [1.807, 2.05) is 6.92 Å². The summed E-state index contributed by atoms with van der Waals surface area (Å²) in [5, 5.41) is 6.21. The largest absolute Gasteiger partial charge is 0.364 e. The number of carbonyl (C=O) groups excluding carboxylic acids is 1. The van der Waals surface area contributed by atoms with Gasteiger partial charge in [0.15, 0.2) is 17.5 Å². The number of benzene rings is 1. The van der Waals surface area contributed by atoms with Gasteiger partial charge in [-0.25, -0.2) is 18.0 Å². The van der Waals surface area contributed by atoms with E-state index in [0.717, 1.165) is 23.4 Å². The molecular formula is C14H12F3N3O2. The van der Waals surface area contributed by atoms with Gasteiger partial charge in [-0.2, -0.15) is 0 Å². The van der Waals surface area contributed by atoms with Crippen molar-refractivity contribution in [2.45, 2.75) is 25.9 Å². The van der Waals surface area contributed by atoms with Crippen LogP contribution >= 0.6 is 0 Å². The zero-order chi connectivity index (χ0) is 15.9. The lowest BCUT2D eigenvalue weighted by Gasteiger charge is -2.32. The molecule has 0 unspecified atom stereocenters. The molecule has 0 bridgehead atoms. The van der Waals surface area contributed by atoms with Gasteiger partial charge >= 0.3 is 6.03 Å². The molecule has 0 saturated heterocycles. The number of nitrogens with zero attached hydrogens (tertiary/aromatic N) is 2. The van der Waals surface area contributed by atoms with E-state index in [-0.39, 0.29) is 18.3 Å². The fraction of sp³-hybridized carbons (Fsp3) is 0.286. The highest BCUT2D eigenvalue weighted by Crippen LogP contribution is 2.24. The molecule has 2 heterocycles. The second-order valence-electron chi connectivity index (χ2n) is 5.15. The van der Waals surface area contributed by atoms with E-state index >= 15 is 0 Å². The molecule has 1 aromatic heterocycles. The lowest BCUT2D eigenvalue weighted by molar-refractivity contribution is 0.182. The summed E-state index contributed by atoms with van der Waals surface area (Å²) in [5.41, 5.74) is 1.42. The maximum atomic E-state index is 13.2. The van der Waals surface area contributed by atoms with Crippen LogP contribution in [0.1, 0.15) is 18.2 Å². The van der Waals surface area contributed by atoms with Crippen LogP contribution in [0.3, 0.4) is 0 Å². The van der Waals surface area contributed by atoms with E-state index in [0.29, 0.717) is 6.42 Å². The summed E-state index contributed by atoms with van der Waals surface area (Å²) in [6.07, 6.45) is 1.98. The Balaban J connectivity index is 1.78. The van der Waals surface area contributed by atoms with Crippen molar-refractivity contribution < 1.29 is 22.5 Å². The molecule has 0 aliphatic carbocycles. The molecule has 3 rings (SSSR count). The smallest absolute Gasteiger partial charge is 0.322 e. The highest BCUT2D eigenvalue weighted by molar-refractivity contribution is 5.89. The average Bonchev–Trinajstić information content (AvgIpc) is 2.90. The first-order valence-electron chi connectivity index (χ1n) is 6.60. The predicted molar refractivity (Wildman–Crippen MR) is 70.5 cm³/mol. The molecule has 2 aromatic rings. The van der Waals surface area contributed by atoms with Gasteiger partial charge in [0, 0.05) is 35.8 Å². The first-order chi connectivity index (χ1) is 10.5. The van der Waals surface area contributed by atoms with E-state index in [2.05, 4.69) is 10.5 Å². The van der Waals surface area contributed by atoms with Gasteiger partial charge < -0.3 is 14.7 Å².